The van der Waals surface area contributed by atoms with Gasteiger partial charge in [0, 0.05) is 12.4 Å². The van der Waals surface area contributed by atoms with Gasteiger partial charge in [0.15, 0.2) is 5.65 Å². The Labute approximate surface area is 64.7 Å². The molecule has 0 aliphatic carbocycles. The van der Waals surface area contributed by atoms with Crippen molar-refractivity contribution >= 4 is 5.65 Å². The average molecular weight is 147 g/mol. The fourth-order valence-corrected chi connectivity index (χ4v) is 1.04. The summed E-state index contributed by atoms with van der Waals surface area (Å²) in [5, 5.41) is 4.17. The first kappa shape index (κ1) is 6.34. The first-order valence-corrected chi connectivity index (χ1v) is 3.68. The highest BCUT2D eigenvalue weighted by molar-refractivity contribution is 5.38. The fourth-order valence-electron chi connectivity index (χ4n) is 1.04. The molecule has 2 rings (SSSR count). The zero-order valence-corrected chi connectivity index (χ0v) is 6.36. The van der Waals surface area contributed by atoms with Gasteiger partial charge in [-0.15, -0.1) is 0 Å². The predicted octanol–water partition coefficient (Wildman–Crippen LogP) is 1.29. The zero-order valence-electron chi connectivity index (χ0n) is 6.36. The highest BCUT2D eigenvalue weighted by atomic mass is 15.2. The summed E-state index contributed by atoms with van der Waals surface area (Å²) in [6.45, 7) is 2.11. The molecule has 11 heavy (non-hydrogen) atoms. The van der Waals surface area contributed by atoms with E-state index in [1.54, 1.807) is 10.7 Å². The lowest BCUT2D eigenvalue weighted by molar-refractivity contribution is 0.913. The maximum atomic E-state index is 4.17. The van der Waals surface area contributed by atoms with Gasteiger partial charge in [-0.3, -0.25) is 0 Å². The highest BCUT2D eigenvalue weighted by Gasteiger charge is 1.94. The third-order valence-electron chi connectivity index (χ3n) is 1.72. The molecule has 0 aromatic carbocycles. The third kappa shape index (κ3) is 0.981. The summed E-state index contributed by atoms with van der Waals surface area (Å²) in [5.74, 6) is 0. The molecule has 0 N–H and O–H groups in total. The lowest BCUT2D eigenvalue weighted by atomic mass is 10.2. The van der Waals surface area contributed by atoms with E-state index < -0.39 is 0 Å². The molecule has 0 fully saturated rings. The number of aryl methyl sites for hydroxylation is 1. The molecule has 0 saturated heterocycles. The fraction of sp³-hybridized carbons (Fsp3) is 0.250. The lowest BCUT2D eigenvalue weighted by Crippen LogP contribution is -1.91. The predicted molar refractivity (Wildman–Crippen MR) is 42.4 cm³/mol. The summed E-state index contributed by atoms with van der Waals surface area (Å²) < 4.78 is 1.76. The molecule has 0 aliphatic rings. The molecule has 3 heteroatoms. The minimum absolute atomic E-state index is 0.921. The van der Waals surface area contributed by atoms with Gasteiger partial charge in [0.1, 0.15) is 0 Å². The summed E-state index contributed by atoms with van der Waals surface area (Å²) in [5.41, 5.74) is 2.15. The van der Waals surface area contributed by atoms with Crippen molar-refractivity contribution in [3.63, 3.8) is 0 Å². The van der Waals surface area contributed by atoms with Crippen molar-refractivity contribution in [2.24, 2.45) is 0 Å². The van der Waals surface area contributed by atoms with E-state index in [2.05, 4.69) is 17.0 Å². The molecule has 56 valence electrons. The number of nitrogens with zero attached hydrogens (tertiary/aromatic N) is 3. The lowest BCUT2D eigenvalue weighted by Gasteiger charge is -1.94. The number of imidazole rings is 1. The molecule has 2 aromatic rings. The molecule has 0 aliphatic heterocycles. The summed E-state index contributed by atoms with van der Waals surface area (Å²) in [6.07, 6.45) is 6.47. The molecule has 0 bridgehead atoms. The van der Waals surface area contributed by atoms with Gasteiger partial charge in [0.05, 0.1) is 6.20 Å². The molecule has 0 saturated carbocycles. The van der Waals surface area contributed by atoms with Gasteiger partial charge in [-0.25, -0.2) is 9.50 Å². The van der Waals surface area contributed by atoms with Gasteiger partial charge in [-0.2, -0.15) is 5.10 Å². The normalized spacial score (nSPS) is 10.6. The Morgan fingerprint density at radius 1 is 1.55 bits per heavy atom. The molecule has 0 unspecified atom stereocenters. The van der Waals surface area contributed by atoms with Crippen LogP contribution in [0.1, 0.15) is 12.5 Å². The van der Waals surface area contributed by atoms with Gasteiger partial charge in [0.25, 0.3) is 0 Å². The topological polar surface area (TPSA) is 30.2 Å². The quantitative estimate of drug-likeness (QED) is 0.608. The van der Waals surface area contributed by atoms with Gasteiger partial charge >= 0.3 is 0 Å². The van der Waals surface area contributed by atoms with Crippen molar-refractivity contribution in [1.82, 2.24) is 14.6 Å². The van der Waals surface area contributed by atoms with Crippen molar-refractivity contribution in [3.8, 4) is 0 Å². The van der Waals surface area contributed by atoms with Crippen molar-refractivity contribution in [1.29, 1.82) is 0 Å². The molecular formula is C8H9N3. The van der Waals surface area contributed by atoms with Crippen LogP contribution in [0.25, 0.3) is 5.65 Å². The standard InChI is InChI=1S/C8H9N3/c1-2-7-5-8-9-3-4-11(8)10-6-7/h3-6H,2H2,1H3. The summed E-state index contributed by atoms with van der Waals surface area (Å²) in [6, 6.07) is 2.05. The zero-order chi connectivity index (χ0) is 7.68. The Morgan fingerprint density at radius 2 is 2.45 bits per heavy atom. The van der Waals surface area contributed by atoms with Crippen molar-refractivity contribution < 1.29 is 0 Å². The Bertz CT molecular complexity index is 364. The Balaban J connectivity index is 2.67. The molecule has 0 radical (unpaired) electrons. The van der Waals surface area contributed by atoms with E-state index in [9.17, 15) is 0 Å². The molecular weight excluding hydrogens is 138 g/mol. The summed E-state index contributed by atoms with van der Waals surface area (Å²) in [7, 11) is 0. The van der Waals surface area contributed by atoms with Crippen LogP contribution in [0.2, 0.25) is 0 Å². The van der Waals surface area contributed by atoms with Crippen molar-refractivity contribution in [3.05, 3.63) is 30.2 Å². The largest absolute Gasteiger partial charge is 0.236 e. The second-order valence-corrected chi connectivity index (χ2v) is 2.45. The Hall–Kier alpha value is -1.38. The van der Waals surface area contributed by atoms with E-state index in [1.165, 1.54) is 5.56 Å². The maximum absolute atomic E-state index is 4.17. The molecule has 2 aromatic heterocycles. The monoisotopic (exact) mass is 147 g/mol. The van der Waals surface area contributed by atoms with E-state index in [-0.39, 0.29) is 0 Å². The van der Waals surface area contributed by atoms with Crippen LogP contribution in [0, 0.1) is 0 Å². The number of hydrogen-bond acceptors (Lipinski definition) is 2. The van der Waals surface area contributed by atoms with Crippen molar-refractivity contribution in [2.45, 2.75) is 13.3 Å². The minimum Gasteiger partial charge on any atom is -0.236 e. The van der Waals surface area contributed by atoms with Crippen molar-refractivity contribution in [2.75, 3.05) is 0 Å². The number of hydrogen-bond donors (Lipinski definition) is 0. The first-order chi connectivity index (χ1) is 5.40. The summed E-state index contributed by atoms with van der Waals surface area (Å²) >= 11 is 0. The average Bonchev–Trinajstić information content (AvgIpc) is 2.50. The Kier molecular flexibility index (Phi) is 1.35. The van der Waals surface area contributed by atoms with Gasteiger partial charge in [-0.1, -0.05) is 6.92 Å². The van der Waals surface area contributed by atoms with Crippen LogP contribution in [-0.4, -0.2) is 14.6 Å². The van der Waals surface area contributed by atoms with E-state index in [0.717, 1.165) is 12.1 Å². The van der Waals surface area contributed by atoms with E-state index in [1.807, 2.05) is 18.5 Å². The minimum atomic E-state index is 0.921. The number of fused-ring (bicyclic) bond motifs is 1. The Morgan fingerprint density at radius 3 is 3.27 bits per heavy atom. The van der Waals surface area contributed by atoms with Gasteiger partial charge in [0.2, 0.25) is 0 Å². The van der Waals surface area contributed by atoms with Crippen LogP contribution in [-0.2, 0) is 6.42 Å². The van der Waals surface area contributed by atoms with E-state index >= 15 is 0 Å². The first-order valence-electron chi connectivity index (χ1n) is 3.68. The van der Waals surface area contributed by atoms with E-state index in [4.69, 9.17) is 0 Å². The second kappa shape index (κ2) is 2.34. The number of aromatic nitrogens is 3. The van der Waals surface area contributed by atoms with Crippen LogP contribution in [0.3, 0.4) is 0 Å². The molecule has 2 heterocycles. The summed E-state index contributed by atoms with van der Waals surface area (Å²) in [4.78, 5) is 4.13. The van der Waals surface area contributed by atoms with E-state index in [0.29, 0.717) is 0 Å². The molecule has 0 atom stereocenters. The third-order valence-corrected chi connectivity index (χ3v) is 1.72. The van der Waals surface area contributed by atoms with Crippen LogP contribution in [0.4, 0.5) is 0 Å². The molecule has 0 amide bonds. The van der Waals surface area contributed by atoms with Crippen LogP contribution >= 0.6 is 0 Å². The van der Waals surface area contributed by atoms with Crippen LogP contribution < -0.4 is 0 Å². The van der Waals surface area contributed by atoms with Gasteiger partial charge in [-0.05, 0) is 18.1 Å². The van der Waals surface area contributed by atoms with Crippen LogP contribution in [0.5, 0.6) is 0 Å². The second-order valence-electron chi connectivity index (χ2n) is 2.45. The smallest absolute Gasteiger partial charge is 0.153 e. The molecule has 3 nitrogen and oxygen atoms in total. The van der Waals surface area contributed by atoms with Crippen LogP contribution in [0.15, 0.2) is 24.7 Å². The molecule has 0 spiro atoms. The SMILES string of the molecule is CCc1cnn2ccnc2c1. The maximum Gasteiger partial charge on any atom is 0.153 e. The number of rotatable bonds is 1. The highest BCUT2D eigenvalue weighted by Crippen LogP contribution is 2.02. The van der Waals surface area contributed by atoms with Gasteiger partial charge < -0.3 is 0 Å².